The maximum atomic E-state index is 10.9. The maximum Gasteiger partial charge on any atom is 0.300 e. The van der Waals surface area contributed by atoms with Crippen LogP contribution in [-0.4, -0.2) is 19.9 Å². The summed E-state index contributed by atoms with van der Waals surface area (Å²) in [6.07, 6.45) is 0. The van der Waals surface area contributed by atoms with E-state index < -0.39 is 4.92 Å². The number of fused-ring (bicyclic) bond motifs is 2. The maximum absolute atomic E-state index is 10.9. The highest BCUT2D eigenvalue weighted by atomic mass is 16.6. The van der Waals surface area contributed by atoms with E-state index >= 15 is 0 Å². The summed E-state index contributed by atoms with van der Waals surface area (Å²) in [6.45, 7) is 0. The van der Waals surface area contributed by atoms with Crippen LogP contribution in [0.1, 0.15) is 0 Å². The second-order valence-corrected chi connectivity index (χ2v) is 6.23. The van der Waals surface area contributed by atoms with Crippen molar-refractivity contribution in [2.45, 2.75) is 0 Å². The van der Waals surface area contributed by atoms with Gasteiger partial charge >= 0.3 is 0 Å². The largest absolute Gasteiger partial charge is 0.423 e. The van der Waals surface area contributed by atoms with Gasteiger partial charge in [-0.15, -0.1) is 0 Å². The molecule has 2 aromatic heterocycles. The molecule has 0 aliphatic heterocycles. The fraction of sp³-hybridized carbons (Fsp3) is 0. The number of non-ortho nitro benzene ring substituents is 1. The molecule has 28 heavy (non-hydrogen) atoms. The van der Waals surface area contributed by atoms with Crippen molar-refractivity contribution in [1.82, 2.24) is 15.0 Å². The average molecular weight is 371 g/mol. The predicted molar refractivity (Wildman–Crippen MR) is 105 cm³/mol. The molecule has 5 rings (SSSR count). The molecule has 0 bridgehead atoms. The Kier molecular flexibility index (Phi) is 3.55. The number of H-pyrrole nitrogens is 1. The quantitative estimate of drug-likeness (QED) is 0.339. The average Bonchev–Trinajstić information content (AvgIpc) is 3.31. The normalized spacial score (nSPS) is 11.1. The van der Waals surface area contributed by atoms with E-state index in [0.717, 1.165) is 28.1 Å². The van der Waals surface area contributed by atoms with Crippen LogP contribution >= 0.6 is 0 Å². The van der Waals surface area contributed by atoms with E-state index in [1.165, 1.54) is 12.1 Å². The number of imidazole rings is 1. The van der Waals surface area contributed by atoms with Crippen molar-refractivity contribution in [3.8, 4) is 11.4 Å². The lowest BCUT2D eigenvalue weighted by Crippen LogP contribution is -1.90. The van der Waals surface area contributed by atoms with Gasteiger partial charge in [0.05, 0.1) is 22.0 Å². The van der Waals surface area contributed by atoms with E-state index in [4.69, 9.17) is 4.42 Å². The number of aromatic amines is 1. The smallest absolute Gasteiger partial charge is 0.300 e. The predicted octanol–water partition coefficient (Wildman–Crippen LogP) is 5.02. The summed E-state index contributed by atoms with van der Waals surface area (Å²) in [5, 5.41) is 13.9. The summed E-state index contributed by atoms with van der Waals surface area (Å²) < 4.78 is 5.57. The van der Waals surface area contributed by atoms with Crippen LogP contribution in [0.3, 0.4) is 0 Å². The molecule has 0 fully saturated rings. The Morgan fingerprint density at radius 2 is 1.79 bits per heavy atom. The molecule has 8 nitrogen and oxygen atoms in total. The first-order valence-electron chi connectivity index (χ1n) is 8.53. The van der Waals surface area contributed by atoms with E-state index in [0.29, 0.717) is 11.1 Å². The lowest BCUT2D eigenvalue weighted by Gasteiger charge is -2.02. The van der Waals surface area contributed by atoms with Crippen LogP contribution < -0.4 is 5.32 Å². The third-order valence-electron chi connectivity index (χ3n) is 4.38. The van der Waals surface area contributed by atoms with Crippen molar-refractivity contribution in [3.63, 3.8) is 0 Å². The van der Waals surface area contributed by atoms with Crippen molar-refractivity contribution in [1.29, 1.82) is 0 Å². The first-order valence-corrected chi connectivity index (χ1v) is 8.53. The molecule has 0 saturated heterocycles. The van der Waals surface area contributed by atoms with Crippen LogP contribution in [0.5, 0.6) is 0 Å². The molecule has 8 heteroatoms. The molecule has 0 aliphatic rings. The molecular formula is C20H13N5O3. The van der Waals surface area contributed by atoms with E-state index in [1.807, 2.05) is 48.5 Å². The zero-order valence-electron chi connectivity index (χ0n) is 14.4. The highest BCUT2D eigenvalue weighted by Crippen LogP contribution is 2.27. The summed E-state index contributed by atoms with van der Waals surface area (Å²) in [6, 6.07) is 20.1. The standard InChI is InChI=1S/C20H13N5O3/c26-25(27)14-9-10-17-18(11-14)28-20(24-17)21-13-7-5-12(6-8-13)19-22-15-3-1-2-4-16(15)23-19/h1-11H,(H,21,24)(H,22,23). The Hall–Kier alpha value is -4.20. The molecule has 0 unspecified atom stereocenters. The number of oxazole rings is 1. The minimum atomic E-state index is -0.466. The molecule has 0 aliphatic carbocycles. The third-order valence-corrected chi connectivity index (χ3v) is 4.38. The Morgan fingerprint density at radius 1 is 0.964 bits per heavy atom. The number of anilines is 2. The third kappa shape index (κ3) is 2.82. The van der Waals surface area contributed by atoms with E-state index in [-0.39, 0.29) is 11.7 Å². The Morgan fingerprint density at radius 3 is 2.57 bits per heavy atom. The molecule has 2 N–H and O–H groups in total. The van der Waals surface area contributed by atoms with Crippen molar-refractivity contribution in [2.24, 2.45) is 0 Å². The molecule has 0 saturated carbocycles. The molecule has 0 radical (unpaired) electrons. The molecule has 5 aromatic rings. The van der Waals surface area contributed by atoms with Gasteiger partial charge in [0, 0.05) is 17.3 Å². The van der Waals surface area contributed by atoms with Crippen LogP contribution in [0.2, 0.25) is 0 Å². The number of hydrogen-bond donors (Lipinski definition) is 2. The first-order chi connectivity index (χ1) is 13.7. The minimum absolute atomic E-state index is 0.0367. The van der Waals surface area contributed by atoms with Gasteiger partial charge in [-0.3, -0.25) is 10.1 Å². The molecule has 3 aromatic carbocycles. The van der Waals surface area contributed by atoms with Gasteiger partial charge in [-0.05, 0) is 42.5 Å². The van der Waals surface area contributed by atoms with Gasteiger partial charge in [0.25, 0.3) is 11.7 Å². The number of nitro benzene ring substituents is 1. The Bertz CT molecular complexity index is 1290. The lowest BCUT2D eigenvalue weighted by molar-refractivity contribution is -0.384. The zero-order chi connectivity index (χ0) is 19.1. The number of hydrogen-bond acceptors (Lipinski definition) is 6. The molecule has 136 valence electrons. The van der Waals surface area contributed by atoms with Crippen molar-refractivity contribution in [2.75, 3.05) is 5.32 Å². The van der Waals surface area contributed by atoms with E-state index in [9.17, 15) is 10.1 Å². The molecule has 0 atom stereocenters. The summed E-state index contributed by atoms with van der Waals surface area (Å²) in [5.74, 6) is 0.793. The van der Waals surface area contributed by atoms with Gasteiger partial charge in [-0.1, -0.05) is 12.1 Å². The summed E-state index contributed by atoms with van der Waals surface area (Å²) >= 11 is 0. The van der Waals surface area contributed by atoms with E-state index in [2.05, 4.69) is 20.3 Å². The lowest BCUT2D eigenvalue weighted by atomic mass is 10.2. The first kappa shape index (κ1) is 16.0. The van der Waals surface area contributed by atoms with Gasteiger partial charge in [0.15, 0.2) is 5.58 Å². The number of aromatic nitrogens is 3. The van der Waals surface area contributed by atoms with Gasteiger partial charge in [-0.2, -0.15) is 4.98 Å². The number of rotatable bonds is 4. The summed E-state index contributed by atoms with van der Waals surface area (Å²) in [5.41, 5.74) is 4.50. The fourth-order valence-electron chi connectivity index (χ4n) is 3.00. The number of nitrogens with zero attached hydrogens (tertiary/aromatic N) is 3. The minimum Gasteiger partial charge on any atom is -0.423 e. The SMILES string of the molecule is O=[N+]([O-])c1ccc2nc(Nc3ccc(-c4nc5ccccc5[nH]4)cc3)oc2c1. The Balaban J connectivity index is 1.40. The molecule has 0 amide bonds. The van der Waals surface area contributed by atoms with Crippen LogP contribution in [0.4, 0.5) is 17.4 Å². The summed E-state index contributed by atoms with van der Waals surface area (Å²) in [7, 11) is 0. The van der Waals surface area contributed by atoms with Crippen LogP contribution in [0.15, 0.2) is 71.1 Å². The van der Waals surface area contributed by atoms with Gasteiger partial charge in [0.2, 0.25) is 0 Å². The van der Waals surface area contributed by atoms with Gasteiger partial charge in [-0.25, -0.2) is 4.98 Å². The number of nitrogens with one attached hydrogen (secondary N) is 2. The highest BCUT2D eigenvalue weighted by molar-refractivity contribution is 5.80. The van der Waals surface area contributed by atoms with Crippen LogP contribution in [-0.2, 0) is 0 Å². The fourth-order valence-corrected chi connectivity index (χ4v) is 3.00. The molecule has 0 spiro atoms. The van der Waals surface area contributed by atoms with Crippen molar-refractivity contribution >= 4 is 39.5 Å². The molecular weight excluding hydrogens is 358 g/mol. The monoisotopic (exact) mass is 371 g/mol. The highest BCUT2D eigenvalue weighted by Gasteiger charge is 2.12. The number of benzene rings is 3. The number of para-hydroxylation sites is 2. The topological polar surface area (TPSA) is 110 Å². The van der Waals surface area contributed by atoms with Crippen LogP contribution in [0, 0.1) is 10.1 Å². The van der Waals surface area contributed by atoms with Crippen molar-refractivity contribution < 1.29 is 9.34 Å². The second kappa shape index (κ2) is 6.20. The number of nitro groups is 1. The molecule has 2 heterocycles. The Labute approximate surface area is 158 Å². The summed E-state index contributed by atoms with van der Waals surface area (Å²) in [4.78, 5) is 22.6. The second-order valence-electron chi connectivity index (χ2n) is 6.23. The van der Waals surface area contributed by atoms with Crippen molar-refractivity contribution in [3.05, 3.63) is 76.8 Å². The van der Waals surface area contributed by atoms with Crippen LogP contribution in [0.25, 0.3) is 33.5 Å². The van der Waals surface area contributed by atoms with Gasteiger partial charge in [0.1, 0.15) is 11.3 Å². The van der Waals surface area contributed by atoms with E-state index in [1.54, 1.807) is 6.07 Å². The zero-order valence-corrected chi connectivity index (χ0v) is 14.4. The van der Waals surface area contributed by atoms with Gasteiger partial charge < -0.3 is 14.7 Å².